The molecule has 140 valence electrons. The van der Waals surface area contributed by atoms with E-state index in [9.17, 15) is 26.7 Å². The first-order valence-corrected chi connectivity index (χ1v) is 8.46. The summed E-state index contributed by atoms with van der Waals surface area (Å²) in [6, 6.07) is 4.84. The largest absolute Gasteiger partial charge is 0.395 e. The van der Waals surface area contributed by atoms with Crippen LogP contribution in [0, 0.1) is 0 Å². The van der Waals surface area contributed by atoms with Gasteiger partial charge in [-0.15, -0.1) is 0 Å². The van der Waals surface area contributed by atoms with Crippen molar-refractivity contribution in [3.63, 3.8) is 0 Å². The molecule has 1 amide bonds. The number of rotatable bonds is 5. The highest BCUT2D eigenvalue weighted by Crippen LogP contribution is 2.34. The maximum absolute atomic E-state index is 12.9. The van der Waals surface area contributed by atoms with Crippen LogP contribution in [0.15, 0.2) is 24.3 Å². The average molecular weight is 363 g/mol. The number of amides is 1. The molecule has 1 unspecified atom stereocenters. The Morgan fingerprint density at radius 2 is 1.68 bits per heavy atom. The summed E-state index contributed by atoms with van der Waals surface area (Å²) in [7, 11) is 0. The molecule has 1 atom stereocenters. The van der Waals surface area contributed by atoms with Gasteiger partial charge in [0.15, 0.2) is 0 Å². The van der Waals surface area contributed by atoms with E-state index in [1.807, 2.05) is 0 Å². The summed E-state index contributed by atoms with van der Waals surface area (Å²) in [6.07, 6.45) is -2.84. The lowest BCUT2D eigenvalue weighted by Gasteiger charge is -2.34. The average Bonchev–Trinajstić information content (AvgIpc) is 2.58. The number of halogens is 5. The smallest absolute Gasteiger partial charge is 0.330 e. The summed E-state index contributed by atoms with van der Waals surface area (Å²) in [5.41, 5.74) is 0.187. The van der Waals surface area contributed by atoms with Crippen molar-refractivity contribution in [3.05, 3.63) is 35.4 Å². The van der Waals surface area contributed by atoms with E-state index < -0.39 is 31.0 Å². The lowest BCUT2D eigenvalue weighted by Crippen LogP contribution is -2.44. The van der Waals surface area contributed by atoms with E-state index in [1.165, 1.54) is 29.2 Å². The summed E-state index contributed by atoms with van der Waals surface area (Å²) < 4.78 is 64.0. The summed E-state index contributed by atoms with van der Waals surface area (Å²) in [4.78, 5) is 13.8. The number of benzene rings is 1. The Labute approximate surface area is 144 Å². The van der Waals surface area contributed by atoms with Crippen molar-refractivity contribution in [2.24, 2.45) is 0 Å². The fraction of sp³-hybridized carbons (Fsp3) is 0.611. The predicted octanol–water partition coefficient (Wildman–Crippen LogP) is 5.39. The first-order chi connectivity index (χ1) is 11.7. The Balaban J connectivity index is 2.17. The highest BCUT2D eigenvalue weighted by atomic mass is 19.4. The lowest BCUT2D eigenvalue weighted by molar-refractivity contribution is -0.146. The first kappa shape index (κ1) is 19.7. The number of carbonyl (C=O) groups is 1. The van der Waals surface area contributed by atoms with Crippen molar-refractivity contribution in [2.75, 3.05) is 6.54 Å². The molecule has 0 heterocycles. The summed E-state index contributed by atoms with van der Waals surface area (Å²) >= 11 is 0. The first-order valence-electron chi connectivity index (χ1n) is 8.46. The zero-order valence-electron chi connectivity index (χ0n) is 14.0. The van der Waals surface area contributed by atoms with Gasteiger partial charge in [-0.25, -0.2) is 8.78 Å². The molecule has 0 bridgehead atoms. The molecule has 2 nitrogen and oxygen atoms in total. The highest BCUT2D eigenvalue weighted by Gasteiger charge is 2.37. The molecule has 25 heavy (non-hydrogen) atoms. The molecule has 0 N–H and O–H groups in total. The molecular formula is C18H22F5NO. The van der Waals surface area contributed by atoms with Gasteiger partial charge in [0.05, 0.1) is 12.5 Å². The van der Waals surface area contributed by atoms with Gasteiger partial charge in [-0.3, -0.25) is 4.79 Å². The Bertz CT molecular complexity index is 564. The Hall–Kier alpha value is -1.66. The van der Waals surface area contributed by atoms with Gasteiger partial charge in [0.1, 0.15) is 0 Å². The molecule has 0 saturated heterocycles. The van der Waals surface area contributed by atoms with Gasteiger partial charge < -0.3 is 4.90 Å². The maximum Gasteiger partial charge on any atom is 0.395 e. The van der Waals surface area contributed by atoms with Crippen molar-refractivity contribution < 1.29 is 26.7 Å². The normalized spacial score (nSPS) is 17.6. The third-order valence-electron chi connectivity index (χ3n) is 4.76. The predicted molar refractivity (Wildman–Crippen MR) is 84.8 cm³/mol. The summed E-state index contributed by atoms with van der Waals surface area (Å²) in [5, 5.41) is 0. The van der Waals surface area contributed by atoms with Crippen LogP contribution in [0.1, 0.15) is 60.9 Å². The van der Waals surface area contributed by atoms with Crippen molar-refractivity contribution in [3.8, 4) is 0 Å². The monoisotopic (exact) mass is 363 g/mol. The topological polar surface area (TPSA) is 20.3 Å². The van der Waals surface area contributed by atoms with Crippen LogP contribution in [0.2, 0.25) is 0 Å². The van der Waals surface area contributed by atoms with Gasteiger partial charge in [0.2, 0.25) is 0 Å². The van der Waals surface area contributed by atoms with Crippen molar-refractivity contribution >= 4 is 5.91 Å². The highest BCUT2D eigenvalue weighted by molar-refractivity contribution is 5.94. The Kier molecular flexibility index (Phi) is 6.41. The van der Waals surface area contributed by atoms with E-state index in [0.717, 1.165) is 26.2 Å². The van der Waals surface area contributed by atoms with E-state index in [0.29, 0.717) is 12.8 Å². The standard InChI is InChI=1S/C18H22F5NO/c1-12(18(21,22)23)13-7-9-14(10-8-13)17(25)24(11-16(19)20)15-5-3-2-4-6-15/h7-10,12,15-16H,2-6,11H2,1H3. The molecule has 0 radical (unpaired) electrons. The molecule has 0 aromatic heterocycles. The van der Waals surface area contributed by atoms with Crippen LogP contribution < -0.4 is 0 Å². The van der Waals surface area contributed by atoms with E-state index >= 15 is 0 Å². The van der Waals surface area contributed by atoms with E-state index in [-0.39, 0.29) is 17.2 Å². The fourth-order valence-electron chi connectivity index (χ4n) is 3.21. The number of hydrogen-bond donors (Lipinski definition) is 0. The van der Waals surface area contributed by atoms with Gasteiger partial charge in [-0.2, -0.15) is 13.2 Å². The number of carbonyl (C=O) groups excluding carboxylic acids is 1. The van der Waals surface area contributed by atoms with Crippen LogP contribution in [-0.2, 0) is 0 Å². The molecule has 1 saturated carbocycles. The number of alkyl halides is 5. The minimum Gasteiger partial charge on any atom is -0.330 e. The minimum atomic E-state index is -4.37. The van der Waals surface area contributed by atoms with E-state index in [1.54, 1.807) is 0 Å². The van der Waals surface area contributed by atoms with Crippen LogP contribution in [0.5, 0.6) is 0 Å². The third-order valence-corrected chi connectivity index (χ3v) is 4.76. The molecule has 1 aliphatic carbocycles. The van der Waals surface area contributed by atoms with E-state index in [2.05, 4.69) is 0 Å². The third kappa shape index (κ3) is 5.16. The SMILES string of the molecule is CC(c1ccc(C(=O)N(CC(F)F)C2CCCCC2)cc1)C(F)(F)F. The van der Waals surface area contributed by atoms with Gasteiger partial charge >= 0.3 is 6.18 Å². The van der Waals surface area contributed by atoms with Gasteiger partial charge in [0, 0.05) is 11.6 Å². The Morgan fingerprint density at radius 3 is 2.16 bits per heavy atom. The molecular weight excluding hydrogens is 341 g/mol. The van der Waals surface area contributed by atoms with Gasteiger partial charge in [0.25, 0.3) is 12.3 Å². The second-order valence-electron chi connectivity index (χ2n) is 6.53. The molecule has 0 spiro atoms. The van der Waals surface area contributed by atoms with Crippen LogP contribution in [0.4, 0.5) is 22.0 Å². The van der Waals surface area contributed by atoms with Gasteiger partial charge in [-0.05, 0) is 37.5 Å². The van der Waals surface area contributed by atoms with E-state index in [4.69, 9.17) is 0 Å². The fourth-order valence-corrected chi connectivity index (χ4v) is 3.21. The quantitative estimate of drug-likeness (QED) is 0.642. The summed E-state index contributed by atoms with van der Waals surface area (Å²) in [6.45, 7) is 0.395. The van der Waals surface area contributed by atoms with Crippen molar-refractivity contribution in [1.82, 2.24) is 4.90 Å². The van der Waals surface area contributed by atoms with Gasteiger partial charge in [-0.1, -0.05) is 31.4 Å². The zero-order chi connectivity index (χ0) is 18.6. The summed E-state index contributed by atoms with van der Waals surface area (Å²) in [5.74, 6) is -2.19. The second-order valence-corrected chi connectivity index (χ2v) is 6.53. The molecule has 1 aromatic carbocycles. The second kappa shape index (κ2) is 8.15. The maximum atomic E-state index is 12.9. The van der Waals surface area contributed by atoms with Crippen LogP contribution in [-0.4, -0.2) is 36.0 Å². The van der Waals surface area contributed by atoms with Crippen LogP contribution in [0.3, 0.4) is 0 Å². The molecule has 1 aliphatic rings. The molecule has 1 fully saturated rings. The zero-order valence-corrected chi connectivity index (χ0v) is 14.0. The van der Waals surface area contributed by atoms with Crippen LogP contribution in [0.25, 0.3) is 0 Å². The Morgan fingerprint density at radius 1 is 1.12 bits per heavy atom. The molecule has 1 aromatic rings. The van der Waals surface area contributed by atoms with Crippen molar-refractivity contribution in [2.45, 2.75) is 63.6 Å². The molecule has 2 rings (SSSR count). The number of nitrogens with zero attached hydrogens (tertiary/aromatic N) is 1. The van der Waals surface area contributed by atoms with Crippen molar-refractivity contribution in [1.29, 1.82) is 0 Å². The molecule has 0 aliphatic heterocycles. The minimum absolute atomic E-state index is 0.0436. The number of hydrogen-bond acceptors (Lipinski definition) is 1. The van der Waals surface area contributed by atoms with Crippen LogP contribution >= 0.6 is 0 Å². The lowest BCUT2D eigenvalue weighted by atomic mass is 9.93. The molecule has 7 heteroatoms.